The zero-order valence-corrected chi connectivity index (χ0v) is 10.7. The van der Waals surface area contributed by atoms with Gasteiger partial charge in [0.25, 0.3) is 0 Å². The van der Waals surface area contributed by atoms with E-state index in [1.807, 2.05) is 12.2 Å². The van der Waals surface area contributed by atoms with Gasteiger partial charge >= 0.3 is 5.97 Å². The lowest BCUT2D eigenvalue weighted by molar-refractivity contribution is -0.142. The summed E-state index contributed by atoms with van der Waals surface area (Å²) in [5.74, 6) is -2.13. The second kappa shape index (κ2) is 4.05. The molecular formula is C14H14O5. The highest BCUT2D eigenvalue weighted by molar-refractivity contribution is 6.26. The molecule has 0 amide bonds. The standard InChI is InChI=1S/C14H14O5/c1-18-13-10(14(17)19-2)11(15)8-6-3-4-7(5-6)9(8)12(13)16/h3-4,6-9H,5H2,1-2H3. The Balaban J connectivity index is 2.11. The number of allylic oxidation sites excluding steroid dienone is 3. The highest BCUT2D eigenvalue weighted by Gasteiger charge is 2.57. The number of carbonyl (C=O) groups excluding carboxylic acids is 3. The van der Waals surface area contributed by atoms with Gasteiger partial charge < -0.3 is 9.47 Å². The predicted molar refractivity (Wildman–Crippen MR) is 63.8 cm³/mol. The zero-order chi connectivity index (χ0) is 13.7. The maximum Gasteiger partial charge on any atom is 0.345 e. The summed E-state index contributed by atoms with van der Waals surface area (Å²) in [5, 5.41) is 0. The molecule has 3 aliphatic rings. The highest BCUT2D eigenvalue weighted by Crippen LogP contribution is 2.52. The quantitative estimate of drug-likeness (QED) is 0.415. The molecule has 19 heavy (non-hydrogen) atoms. The summed E-state index contributed by atoms with van der Waals surface area (Å²) in [4.78, 5) is 36.7. The van der Waals surface area contributed by atoms with Crippen LogP contribution in [-0.2, 0) is 23.9 Å². The zero-order valence-electron chi connectivity index (χ0n) is 10.7. The molecule has 1 fully saturated rings. The topological polar surface area (TPSA) is 69.7 Å². The second-order valence-corrected chi connectivity index (χ2v) is 5.13. The van der Waals surface area contributed by atoms with E-state index in [0.717, 1.165) is 6.42 Å². The van der Waals surface area contributed by atoms with Crippen molar-refractivity contribution in [2.45, 2.75) is 6.42 Å². The van der Waals surface area contributed by atoms with Gasteiger partial charge in [0.2, 0.25) is 5.78 Å². The molecule has 4 unspecified atom stereocenters. The van der Waals surface area contributed by atoms with Gasteiger partial charge in [-0.05, 0) is 18.3 Å². The largest absolute Gasteiger partial charge is 0.492 e. The van der Waals surface area contributed by atoms with Crippen LogP contribution in [0, 0.1) is 23.7 Å². The van der Waals surface area contributed by atoms with Gasteiger partial charge in [0.1, 0.15) is 5.57 Å². The van der Waals surface area contributed by atoms with Crippen LogP contribution in [0.15, 0.2) is 23.5 Å². The van der Waals surface area contributed by atoms with Gasteiger partial charge in [-0.15, -0.1) is 0 Å². The minimum atomic E-state index is -0.791. The third-order valence-electron chi connectivity index (χ3n) is 4.36. The monoisotopic (exact) mass is 262 g/mol. The van der Waals surface area contributed by atoms with Gasteiger partial charge in [-0.3, -0.25) is 9.59 Å². The lowest BCUT2D eigenvalue weighted by atomic mass is 9.71. The minimum Gasteiger partial charge on any atom is -0.492 e. The van der Waals surface area contributed by atoms with E-state index < -0.39 is 11.9 Å². The Morgan fingerprint density at radius 1 is 1.11 bits per heavy atom. The molecule has 0 aromatic rings. The number of carbonyl (C=O) groups is 3. The summed E-state index contributed by atoms with van der Waals surface area (Å²) < 4.78 is 9.61. The van der Waals surface area contributed by atoms with Crippen molar-refractivity contribution in [3.63, 3.8) is 0 Å². The van der Waals surface area contributed by atoms with Crippen molar-refractivity contribution in [1.29, 1.82) is 0 Å². The van der Waals surface area contributed by atoms with Crippen LogP contribution < -0.4 is 0 Å². The van der Waals surface area contributed by atoms with E-state index >= 15 is 0 Å². The number of Topliss-reactive ketones (excluding diaryl/α,β-unsaturated/α-hetero) is 2. The first kappa shape index (κ1) is 12.1. The van der Waals surface area contributed by atoms with Crippen LogP contribution in [0.25, 0.3) is 0 Å². The van der Waals surface area contributed by atoms with E-state index in [1.165, 1.54) is 14.2 Å². The first-order chi connectivity index (χ1) is 9.10. The van der Waals surface area contributed by atoms with E-state index in [4.69, 9.17) is 4.74 Å². The Hall–Kier alpha value is -1.91. The number of methoxy groups -OCH3 is 2. The van der Waals surface area contributed by atoms with Gasteiger partial charge in [0.15, 0.2) is 11.5 Å². The molecule has 100 valence electrons. The van der Waals surface area contributed by atoms with Crippen molar-refractivity contribution in [3.05, 3.63) is 23.5 Å². The Morgan fingerprint density at radius 2 is 1.68 bits per heavy atom. The molecule has 0 aromatic carbocycles. The molecule has 0 saturated heterocycles. The molecule has 0 radical (unpaired) electrons. The molecule has 4 atom stereocenters. The number of hydrogen-bond acceptors (Lipinski definition) is 5. The number of fused-ring (bicyclic) bond motifs is 5. The molecule has 0 spiro atoms. The van der Waals surface area contributed by atoms with E-state index in [9.17, 15) is 14.4 Å². The summed E-state index contributed by atoms with van der Waals surface area (Å²) in [6.45, 7) is 0. The molecule has 3 rings (SSSR count). The average molecular weight is 262 g/mol. The fraction of sp³-hybridized carbons (Fsp3) is 0.500. The Morgan fingerprint density at radius 3 is 2.21 bits per heavy atom. The molecule has 0 aliphatic heterocycles. The third kappa shape index (κ3) is 1.44. The lowest BCUT2D eigenvalue weighted by Gasteiger charge is -2.31. The van der Waals surface area contributed by atoms with Gasteiger partial charge in [-0.25, -0.2) is 4.79 Å². The lowest BCUT2D eigenvalue weighted by Crippen LogP contribution is -2.42. The average Bonchev–Trinajstić information content (AvgIpc) is 3.02. The molecule has 2 bridgehead atoms. The smallest absolute Gasteiger partial charge is 0.345 e. The number of hydrogen-bond donors (Lipinski definition) is 0. The molecule has 0 aromatic heterocycles. The third-order valence-corrected chi connectivity index (χ3v) is 4.36. The van der Waals surface area contributed by atoms with Crippen LogP contribution >= 0.6 is 0 Å². The molecule has 3 aliphatic carbocycles. The van der Waals surface area contributed by atoms with Gasteiger partial charge in [-0.2, -0.15) is 0 Å². The molecule has 5 heteroatoms. The fourth-order valence-corrected chi connectivity index (χ4v) is 3.59. The van der Waals surface area contributed by atoms with Gasteiger partial charge in [0.05, 0.1) is 14.2 Å². The summed E-state index contributed by atoms with van der Waals surface area (Å²) in [7, 11) is 2.49. The van der Waals surface area contributed by atoms with Crippen molar-refractivity contribution >= 4 is 17.5 Å². The molecule has 1 saturated carbocycles. The van der Waals surface area contributed by atoms with E-state index in [1.54, 1.807) is 0 Å². The van der Waals surface area contributed by atoms with Crippen molar-refractivity contribution in [2.75, 3.05) is 14.2 Å². The van der Waals surface area contributed by atoms with Crippen LogP contribution in [0.2, 0.25) is 0 Å². The van der Waals surface area contributed by atoms with Gasteiger partial charge in [-0.1, -0.05) is 12.2 Å². The Kier molecular flexibility index (Phi) is 2.59. The molecular weight excluding hydrogens is 248 g/mol. The maximum absolute atomic E-state index is 12.5. The summed E-state index contributed by atoms with van der Waals surface area (Å²) in [6, 6.07) is 0. The number of esters is 1. The Bertz CT molecular complexity index is 542. The van der Waals surface area contributed by atoms with Crippen LogP contribution in [0.1, 0.15) is 6.42 Å². The van der Waals surface area contributed by atoms with Crippen molar-refractivity contribution in [1.82, 2.24) is 0 Å². The molecule has 0 N–H and O–H groups in total. The Labute approximate surface area is 110 Å². The van der Waals surface area contributed by atoms with Crippen molar-refractivity contribution in [3.8, 4) is 0 Å². The number of ketones is 2. The summed E-state index contributed by atoms with van der Waals surface area (Å²) in [5.41, 5.74) is -0.225. The minimum absolute atomic E-state index is 0.0597. The summed E-state index contributed by atoms with van der Waals surface area (Å²) in [6.07, 6.45) is 4.77. The van der Waals surface area contributed by atoms with Crippen molar-refractivity contribution in [2.24, 2.45) is 23.7 Å². The first-order valence-corrected chi connectivity index (χ1v) is 6.23. The molecule has 0 heterocycles. The van der Waals surface area contributed by atoms with E-state index in [-0.39, 0.29) is 40.7 Å². The van der Waals surface area contributed by atoms with Crippen LogP contribution in [0.4, 0.5) is 0 Å². The first-order valence-electron chi connectivity index (χ1n) is 6.23. The number of rotatable bonds is 2. The maximum atomic E-state index is 12.5. The fourth-order valence-electron chi connectivity index (χ4n) is 3.59. The normalized spacial score (nSPS) is 35.7. The summed E-state index contributed by atoms with van der Waals surface area (Å²) >= 11 is 0. The van der Waals surface area contributed by atoms with Crippen LogP contribution in [-0.4, -0.2) is 31.8 Å². The number of ether oxygens (including phenoxy) is 2. The predicted octanol–water partition coefficient (Wildman–Crippen LogP) is 0.650. The second-order valence-electron chi connectivity index (χ2n) is 5.13. The van der Waals surface area contributed by atoms with E-state index in [0.29, 0.717) is 0 Å². The van der Waals surface area contributed by atoms with Crippen LogP contribution in [0.3, 0.4) is 0 Å². The van der Waals surface area contributed by atoms with E-state index in [2.05, 4.69) is 4.74 Å². The van der Waals surface area contributed by atoms with Gasteiger partial charge in [0, 0.05) is 11.8 Å². The SMILES string of the molecule is COC(=O)C1=C(OC)C(=O)C2C3C=CC(C3)C2C1=O. The van der Waals surface area contributed by atoms with Crippen LogP contribution in [0.5, 0.6) is 0 Å². The highest BCUT2D eigenvalue weighted by atomic mass is 16.5. The molecule has 5 nitrogen and oxygen atoms in total. The van der Waals surface area contributed by atoms with Crippen molar-refractivity contribution < 1.29 is 23.9 Å².